The van der Waals surface area contributed by atoms with Crippen LogP contribution in [0.3, 0.4) is 0 Å². The Bertz CT molecular complexity index is 493. The van der Waals surface area contributed by atoms with E-state index in [0.29, 0.717) is 23.1 Å². The smallest absolute Gasteiger partial charge is 0.254 e. The molecular weight excluding hydrogens is 310 g/mol. The number of amides is 2. The number of halogens is 1. The van der Waals surface area contributed by atoms with Gasteiger partial charge in [-0.25, -0.2) is 4.98 Å². The van der Waals surface area contributed by atoms with Crippen LogP contribution in [0.2, 0.25) is 0 Å². The van der Waals surface area contributed by atoms with Crippen molar-refractivity contribution in [2.75, 3.05) is 13.1 Å². The molecular formula is C13H16BrN3O2. The molecule has 1 aliphatic heterocycles. The number of aromatic nitrogens is 1. The van der Waals surface area contributed by atoms with Gasteiger partial charge in [0.1, 0.15) is 4.60 Å². The maximum absolute atomic E-state index is 12.0. The third-order valence-electron chi connectivity index (χ3n) is 3.05. The molecule has 102 valence electrons. The molecule has 1 aliphatic rings. The molecule has 0 aliphatic carbocycles. The van der Waals surface area contributed by atoms with E-state index < -0.39 is 0 Å². The molecule has 0 radical (unpaired) electrons. The number of nitrogens with zero attached hydrogens (tertiary/aromatic N) is 2. The molecule has 2 rings (SSSR count). The number of likely N-dealkylation sites (tertiary alicyclic amines) is 1. The fourth-order valence-electron chi connectivity index (χ4n) is 2.13. The quantitative estimate of drug-likeness (QED) is 0.855. The standard InChI is InChI=1S/C13H16BrN3O2/c1-9(8-17-7-3-5-11(17)18)16-13(19)10-4-2-6-15-12(10)14/h2,4,6,9H,3,5,7-8H2,1H3,(H,16,19). The first-order valence-electron chi connectivity index (χ1n) is 6.27. The number of carbonyl (C=O) groups is 2. The summed E-state index contributed by atoms with van der Waals surface area (Å²) in [6.45, 7) is 3.24. The Balaban J connectivity index is 1.92. The molecule has 1 unspecified atom stereocenters. The second-order valence-corrected chi connectivity index (χ2v) is 5.41. The molecule has 1 N–H and O–H groups in total. The van der Waals surface area contributed by atoms with Crippen LogP contribution in [0.25, 0.3) is 0 Å². The van der Waals surface area contributed by atoms with Crippen LogP contribution >= 0.6 is 15.9 Å². The Morgan fingerprint density at radius 1 is 1.63 bits per heavy atom. The van der Waals surface area contributed by atoms with E-state index in [1.165, 1.54) is 0 Å². The Morgan fingerprint density at radius 3 is 3.05 bits per heavy atom. The van der Waals surface area contributed by atoms with Crippen molar-refractivity contribution in [3.05, 3.63) is 28.5 Å². The van der Waals surface area contributed by atoms with Crippen LogP contribution in [0.4, 0.5) is 0 Å². The second-order valence-electron chi connectivity index (χ2n) is 4.66. The molecule has 1 aromatic rings. The fourth-order valence-corrected chi connectivity index (χ4v) is 2.56. The summed E-state index contributed by atoms with van der Waals surface area (Å²) < 4.78 is 0.525. The van der Waals surface area contributed by atoms with Crippen LogP contribution in [0.1, 0.15) is 30.1 Å². The summed E-state index contributed by atoms with van der Waals surface area (Å²) in [6, 6.07) is 3.34. The van der Waals surface area contributed by atoms with E-state index in [1.54, 1.807) is 23.2 Å². The van der Waals surface area contributed by atoms with Gasteiger partial charge in [-0.3, -0.25) is 9.59 Å². The molecule has 2 amide bonds. The normalized spacial score (nSPS) is 16.5. The molecule has 1 atom stereocenters. The highest BCUT2D eigenvalue weighted by Gasteiger charge is 2.22. The van der Waals surface area contributed by atoms with Gasteiger partial charge < -0.3 is 10.2 Å². The van der Waals surface area contributed by atoms with Gasteiger partial charge in [-0.05, 0) is 41.4 Å². The summed E-state index contributed by atoms with van der Waals surface area (Å²) in [5.74, 6) is -0.0113. The van der Waals surface area contributed by atoms with Crippen LogP contribution < -0.4 is 5.32 Å². The SMILES string of the molecule is CC(CN1CCCC1=O)NC(=O)c1cccnc1Br. The molecule has 6 heteroatoms. The minimum atomic E-state index is -0.181. The third kappa shape index (κ3) is 3.53. The van der Waals surface area contributed by atoms with Gasteiger partial charge in [-0.2, -0.15) is 0 Å². The zero-order valence-electron chi connectivity index (χ0n) is 10.7. The average Bonchev–Trinajstić information content (AvgIpc) is 2.75. The van der Waals surface area contributed by atoms with Gasteiger partial charge in [-0.15, -0.1) is 0 Å². The molecule has 1 fully saturated rings. The van der Waals surface area contributed by atoms with Gasteiger partial charge in [0.25, 0.3) is 5.91 Å². The van der Waals surface area contributed by atoms with E-state index in [9.17, 15) is 9.59 Å². The van der Waals surface area contributed by atoms with Crippen molar-refractivity contribution in [1.82, 2.24) is 15.2 Å². The van der Waals surface area contributed by atoms with Crippen LogP contribution in [-0.2, 0) is 4.79 Å². The monoisotopic (exact) mass is 325 g/mol. The van der Waals surface area contributed by atoms with Crippen LogP contribution in [0.5, 0.6) is 0 Å². The average molecular weight is 326 g/mol. The van der Waals surface area contributed by atoms with Crippen molar-refractivity contribution in [2.45, 2.75) is 25.8 Å². The summed E-state index contributed by atoms with van der Waals surface area (Å²) in [5.41, 5.74) is 0.502. The number of rotatable bonds is 4. The van der Waals surface area contributed by atoms with E-state index in [0.717, 1.165) is 13.0 Å². The Morgan fingerprint density at radius 2 is 2.42 bits per heavy atom. The first-order valence-corrected chi connectivity index (χ1v) is 7.06. The van der Waals surface area contributed by atoms with Crippen molar-refractivity contribution in [3.63, 3.8) is 0 Å². The molecule has 0 saturated carbocycles. The first-order chi connectivity index (χ1) is 9.08. The minimum Gasteiger partial charge on any atom is -0.348 e. The zero-order chi connectivity index (χ0) is 13.8. The molecule has 1 saturated heterocycles. The van der Waals surface area contributed by atoms with E-state index >= 15 is 0 Å². The summed E-state index contributed by atoms with van der Waals surface area (Å²) in [6.07, 6.45) is 3.15. The fraction of sp³-hybridized carbons (Fsp3) is 0.462. The zero-order valence-corrected chi connectivity index (χ0v) is 12.3. The third-order valence-corrected chi connectivity index (χ3v) is 3.68. The number of hydrogen-bond acceptors (Lipinski definition) is 3. The van der Waals surface area contributed by atoms with E-state index in [2.05, 4.69) is 26.2 Å². The molecule has 5 nitrogen and oxygen atoms in total. The van der Waals surface area contributed by atoms with Gasteiger partial charge in [0.15, 0.2) is 0 Å². The Hall–Kier alpha value is -1.43. The largest absolute Gasteiger partial charge is 0.348 e. The molecule has 19 heavy (non-hydrogen) atoms. The summed E-state index contributed by atoms with van der Waals surface area (Å²) in [7, 11) is 0. The number of nitrogens with one attached hydrogen (secondary N) is 1. The van der Waals surface area contributed by atoms with Crippen molar-refractivity contribution >= 4 is 27.7 Å². The summed E-state index contributed by atoms with van der Waals surface area (Å²) in [4.78, 5) is 29.4. The summed E-state index contributed by atoms with van der Waals surface area (Å²) in [5, 5.41) is 2.88. The Kier molecular flexibility index (Phi) is 4.52. The van der Waals surface area contributed by atoms with Crippen molar-refractivity contribution in [3.8, 4) is 0 Å². The van der Waals surface area contributed by atoms with Gasteiger partial charge in [0, 0.05) is 31.7 Å². The molecule has 2 heterocycles. The van der Waals surface area contributed by atoms with Crippen molar-refractivity contribution in [2.24, 2.45) is 0 Å². The van der Waals surface area contributed by atoms with E-state index in [4.69, 9.17) is 0 Å². The lowest BCUT2D eigenvalue weighted by atomic mass is 10.2. The van der Waals surface area contributed by atoms with E-state index in [1.807, 2.05) is 6.92 Å². The van der Waals surface area contributed by atoms with E-state index in [-0.39, 0.29) is 17.9 Å². The highest BCUT2D eigenvalue weighted by molar-refractivity contribution is 9.10. The summed E-state index contributed by atoms with van der Waals surface area (Å²) >= 11 is 3.25. The molecule has 0 bridgehead atoms. The van der Waals surface area contributed by atoms with Crippen LogP contribution in [0.15, 0.2) is 22.9 Å². The number of carbonyl (C=O) groups excluding carboxylic acids is 2. The predicted molar refractivity (Wildman–Crippen MR) is 74.7 cm³/mol. The molecule has 0 aromatic carbocycles. The number of pyridine rings is 1. The lowest BCUT2D eigenvalue weighted by Crippen LogP contribution is -2.42. The Labute approximate surface area is 120 Å². The maximum atomic E-state index is 12.0. The second kappa shape index (κ2) is 6.14. The van der Waals surface area contributed by atoms with Gasteiger partial charge in [0.05, 0.1) is 5.56 Å². The topological polar surface area (TPSA) is 62.3 Å². The van der Waals surface area contributed by atoms with Crippen LogP contribution in [-0.4, -0.2) is 40.8 Å². The maximum Gasteiger partial charge on any atom is 0.254 e. The molecule has 0 spiro atoms. The first kappa shape index (κ1) is 14.0. The van der Waals surface area contributed by atoms with Gasteiger partial charge in [-0.1, -0.05) is 0 Å². The highest BCUT2D eigenvalue weighted by Crippen LogP contribution is 2.13. The lowest BCUT2D eigenvalue weighted by molar-refractivity contribution is -0.127. The van der Waals surface area contributed by atoms with Crippen LogP contribution in [0, 0.1) is 0 Å². The predicted octanol–water partition coefficient (Wildman–Crippen LogP) is 1.58. The van der Waals surface area contributed by atoms with Gasteiger partial charge >= 0.3 is 0 Å². The van der Waals surface area contributed by atoms with Crippen molar-refractivity contribution < 1.29 is 9.59 Å². The lowest BCUT2D eigenvalue weighted by Gasteiger charge is -2.21. The molecule has 1 aromatic heterocycles. The van der Waals surface area contributed by atoms with Crippen molar-refractivity contribution in [1.29, 1.82) is 0 Å². The number of hydrogen-bond donors (Lipinski definition) is 1. The minimum absolute atomic E-state index is 0.0818. The highest BCUT2D eigenvalue weighted by atomic mass is 79.9. The van der Waals surface area contributed by atoms with Gasteiger partial charge in [0.2, 0.25) is 5.91 Å².